The fourth-order valence-electron chi connectivity index (χ4n) is 2.96. The summed E-state index contributed by atoms with van der Waals surface area (Å²) in [4.78, 5) is 26.1. The number of benzene rings is 1. The quantitative estimate of drug-likeness (QED) is 0.700. The van der Waals surface area contributed by atoms with Crippen LogP contribution in [0.25, 0.3) is 0 Å². The summed E-state index contributed by atoms with van der Waals surface area (Å²) in [7, 11) is -0.113. The van der Waals surface area contributed by atoms with Crippen molar-refractivity contribution in [2.75, 3.05) is 38.6 Å². The number of hydrogen-bond acceptors (Lipinski definition) is 5. The van der Waals surface area contributed by atoms with Crippen molar-refractivity contribution >= 4 is 27.5 Å². The van der Waals surface area contributed by atoms with Gasteiger partial charge in [0.15, 0.2) is 0 Å². The molecule has 26 heavy (non-hydrogen) atoms. The third-order valence-electron chi connectivity index (χ3n) is 4.32. The van der Waals surface area contributed by atoms with Gasteiger partial charge in [0.2, 0.25) is 21.8 Å². The molecule has 0 unspecified atom stereocenters. The Balaban J connectivity index is 2.16. The molecule has 2 amide bonds. The van der Waals surface area contributed by atoms with Gasteiger partial charge in [-0.25, -0.2) is 13.4 Å². The highest BCUT2D eigenvalue weighted by molar-refractivity contribution is 7.89. The van der Waals surface area contributed by atoms with E-state index in [4.69, 9.17) is 0 Å². The van der Waals surface area contributed by atoms with Crippen LogP contribution >= 0.6 is 0 Å². The van der Waals surface area contributed by atoms with Crippen molar-refractivity contribution in [3.05, 3.63) is 24.3 Å². The van der Waals surface area contributed by atoms with Crippen molar-refractivity contribution in [3.63, 3.8) is 0 Å². The Kier molecular flexibility index (Phi) is 6.38. The van der Waals surface area contributed by atoms with Crippen molar-refractivity contribution < 1.29 is 18.0 Å². The summed E-state index contributed by atoms with van der Waals surface area (Å²) in [6.07, 6.45) is 0.138. The molecule has 0 radical (unpaired) electrons. The van der Waals surface area contributed by atoms with Gasteiger partial charge < -0.3 is 4.90 Å². The molecule has 1 heterocycles. The number of anilines is 1. The van der Waals surface area contributed by atoms with Gasteiger partial charge in [0.1, 0.15) is 0 Å². The van der Waals surface area contributed by atoms with Crippen molar-refractivity contribution in [1.29, 1.82) is 0 Å². The molecule has 0 spiro atoms. The van der Waals surface area contributed by atoms with Gasteiger partial charge >= 0.3 is 0 Å². The maximum atomic E-state index is 12.5. The van der Waals surface area contributed by atoms with Crippen molar-refractivity contribution in [2.24, 2.45) is 5.92 Å². The van der Waals surface area contributed by atoms with E-state index in [1.165, 1.54) is 21.3 Å². The van der Waals surface area contributed by atoms with Crippen LogP contribution in [0, 0.1) is 5.92 Å². The number of rotatable bonds is 7. The van der Waals surface area contributed by atoms with Crippen LogP contribution < -0.4 is 10.3 Å². The first-order valence-corrected chi connectivity index (χ1v) is 10.0. The summed E-state index contributed by atoms with van der Waals surface area (Å²) in [6.45, 7) is 4.65. The van der Waals surface area contributed by atoms with E-state index in [1.807, 2.05) is 0 Å². The van der Waals surface area contributed by atoms with Gasteiger partial charge in [-0.3, -0.25) is 15.0 Å². The van der Waals surface area contributed by atoms with Crippen LogP contribution in [0.3, 0.4) is 0 Å². The van der Waals surface area contributed by atoms with Crippen LogP contribution in [0.1, 0.15) is 20.3 Å². The number of amides is 2. The molecule has 1 aliphatic heterocycles. The number of nitrogens with zero attached hydrogens (tertiary/aromatic N) is 3. The predicted octanol–water partition coefficient (Wildman–Crippen LogP) is 0.663. The molecule has 1 fully saturated rings. The van der Waals surface area contributed by atoms with Gasteiger partial charge in [0.25, 0.3) is 0 Å². The molecule has 0 aromatic heterocycles. The zero-order chi connectivity index (χ0) is 19.5. The molecule has 1 aromatic rings. The monoisotopic (exact) mass is 382 g/mol. The molecule has 1 aliphatic rings. The Morgan fingerprint density at radius 1 is 1.19 bits per heavy atom. The van der Waals surface area contributed by atoms with E-state index in [0.717, 1.165) is 0 Å². The summed E-state index contributed by atoms with van der Waals surface area (Å²) < 4.78 is 26.4. The fourth-order valence-corrected chi connectivity index (χ4v) is 4.41. The minimum Gasteiger partial charge on any atom is -0.312 e. The van der Waals surface area contributed by atoms with Crippen LogP contribution in [0.2, 0.25) is 0 Å². The third-order valence-corrected chi connectivity index (χ3v) is 6.39. The Bertz CT molecular complexity index is 757. The standard InChI is InChI=1S/C17H26N4O4S/c1-5-20(6-2)26(24,25)15-9-7-14(8-10-15)21-12-13(11-16(21)22)17(23)18-19(3)4/h7-10,13H,5-6,11-12H2,1-4H3,(H,18,23)/t13-/m1/s1. The second-order valence-electron chi connectivity index (χ2n) is 6.36. The van der Waals surface area contributed by atoms with Crippen LogP contribution in [-0.4, -0.2) is 63.3 Å². The lowest BCUT2D eigenvalue weighted by Crippen LogP contribution is -2.41. The van der Waals surface area contributed by atoms with Crippen molar-refractivity contribution in [3.8, 4) is 0 Å². The molecule has 1 aromatic carbocycles. The molecule has 0 saturated carbocycles. The van der Waals surface area contributed by atoms with E-state index in [0.29, 0.717) is 18.8 Å². The molecule has 1 N–H and O–H groups in total. The Labute approximate surface area is 154 Å². The molecule has 9 heteroatoms. The highest BCUT2D eigenvalue weighted by Gasteiger charge is 2.35. The molecular weight excluding hydrogens is 356 g/mol. The lowest BCUT2D eigenvalue weighted by Gasteiger charge is -2.20. The number of carbonyl (C=O) groups is 2. The summed E-state index contributed by atoms with van der Waals surface area (Å²) in [5, 5.41) is 1.54. The van der Waals surface area contributed by atoms with E-state index < -0.39 is 15.9 Å². The largest absolute Gasteiger partial charge is 0.312 e. The van der Waals surface area contributed by atoms with Gasteiger partial charge in [-0.15, -0.1) is 0 Å². The predicted molar refractivity (Wildman–Crippen MR) is 98.8 cm³/mol. The first-order chi connectivity index (χ1) is 12.2. The van der Waals surface area contributed by atoms with Crippen LogP contribution in [-0.2, 0) is 19.6 Å². The van der Waals surface area contributed by atoms with Crippen molar-refractivity contribution in [2.45, 2.75) is 25.2 Å². The van der Waals surface area contributed by atoms with Gasteiger partial charge in [-0.05, 0) is 24.3 Å². The molecule has 8 nitrogen and oxygen atoms in total. The topological polar surface area (TPSA) is 90.0 Å². The van der Waals surface area contributed by atoms with Crippen molar-refractivity contribution in [1.82, 2.24) is 14.7 Å². The second-order valence-corrected chi connectivity index (χ2v) is 8.30. The molecule has 0 aliphatic carbocycles. The van der Waals surface area contributed by atoms with E-state index >= 15 is 0 Å². The lowest BCUT2D eigenvalue weighted by molar-refractivity contribution is -0.129. The number of carbonyl (C=O) groups excluding carboxylic acids is 2. The summed E-state index contributed by atoms with van der Waals surface area (Å²) >= 11 is 0. The average molecular weight is 382 g/mol. The highest BCUT2D eigenvalue weighted by atomic mass is 32.2. The van der Waals surface area contributed by atoms with E-state index in [2.05, 4.69) is 5.43 Å². The summed E-state index contributed by atoms with van der Waals surface area (Å²) in [5.74, 6) is -0.779. The maximum absolute atomic E-state index is 12.5. The lowest BCUT2D eigenvalue weighted by atomic mass is 10.1. The second kappa shape index (κ2) is 8.15. The van der Waals surface area contributed by atoms with E-state index in [-0.39, 0.29) is 29.7 Å². The zero-order valence-corrected chi connectivity index (χ0v) is 16.4. The molecule has 0 bridgehead atoms. The Morgan fingerprint density at radius 3 is 2.27 bits per heavy atom. The Morgan fingerprint density at radius 2 is 1.77 bits per heavy atom. The average Bonchev–Trinajstić information content (AvgIpc) is 2.97. The number of hydrogen-bond donors (Lipinski definition) is 1. The SMILES string of the molecule is CCN(CC)S(=O)(=O)c1ccc(N2C[C@H](C(=O)NN(C)C)CC2=O)cc1. The van der Waals surface area contributed by atoms with Gasteiger partial charge in [0, 0.05) is 45.8 Å². The van der Waals surface area contributed by atoms with Crippen LogP contribution in [0.4, 0.5) is 5.69 Å². The third kappa shape index (κ3) is 4.22. The minimum atomic E-state index is -3.53. The molecular formula is C17H26N4O4S. The molecule has 1 atom stereocenters. The first kappa shape index (κ1) is 20.3. The zero-order valence-electron chi connectivity index (χ0n) is 15.6. The number of hydrazine groups is 1. The summed E-state index contributed by atoms with van der Waals surface area (Å²) in [6, 6.07) is 6.23. The number of nitrogens with one attached hydrogen (secondary N) is 1. The van der Waals surface area contributed by atoms with Gasteiger partial charge in [-0.1, -0.05) is 13.8 Å². The maximum Gasteiger partial charge on any atom is 0.243 e. The minimum absolute atomic E-state index is 0.138. The van der Waals surface area contributed by atoms with Gasteiger partial charge in [0.05, 0.1) is 10.8 Å². The molecule has 144 valence electrons. The van der Waals surface area contributed by atoms with E-state index in [1.54, 1.807) is 45.1 Å². The number of sulfonamides is 1. The normalized spacial score (nSPS) is 18.0. The first-order valence-electron chi connectivity index (χ1n) is 8.59. The smallest absolute Gasteiger partial charge is 0.243 e. The van der Waals surface area contributed by atoms with Crippen LogP contribution in [0.15, 0.2) is 29.2 Å². The summed E-state index contributed by atoms with van der Waals surface area (Å²) in [5.41, 5.74) is 3.25. The van der Waals surface area contributed by atoms with Crippen LogP contribution in [0.5, 0.6) is 0 Å². The molecule has 2 rings (SSSR count). The Hall–Kier alpha value is -1.97. The van der Waals surface area contributed by atoms with E-state index in [9.17, 15) is 18.0 Å². The highest BCUT2D eigenvalue weighted by Crippen LogP contribution is 2.27. The van der Waals surface area contributed by atoms with Gasteiger partial charge in [-0.2, -0.15) is 4.31 Å². The fraction of sp³-hybridized carbons (Fsp3) is 0.529. The molecule has 1 saturated heterocycles.